The highest BCUT2D eigenvalue weighted by atomic mass is 16.6. The van der Waals surface area contributed by atoms with Crippen LogP contribution in [0.2, 0.25) is 0 Å². The molecule has 1 unspecified atom stereocenters. The summed E-state index contributed by atoms with van der Waals surface area (Å²) in [5.41, 5.74) is 0. The van der Waals surface area contributed by atoms with Crippen LogP contribution in [0.3, 0.4) is 0 Å². The van der Waals surface area contributed by atoms with Crippen molar-refractivity contribution in [3.63, 3.8) is 0 Å². The first-order chi connectivity index (χ1) is 4.61. The first kappa shape index (κ1) is 7.54. The van der Waals surface area contributed by atoms with E-state index in [-0.39, 0.29) is 24.3 Å². The third kappa shape index (κ3) is 1.70. The zero-order chi connectivity index (χ0) is 7.72. The lowest BCUT2D eigenvalue weighted by atomic mass is 10.2. The molecule has 1 fully saturated rings. The number of carbonyl (C=O) groups is 1. The van der Waals surface area contributed by atoms with E-state index in [2.05, 4.69) is 0 Å². The Kier molecular flexibility index (Phi) is 1.94. The lowest BCUT2D eigenvalue weighted by molar-refractivity contribution is -0.146. The normalized spacial score (nSPS) is 33.1. The smallest absolute Gasteiger partial charge is 0.302 e. The Labute approximate surface area is 60.3 Å². The molecule has 0 aromatic rings. The van der Waals surface area contributed by atoms with Gasteiger partial charge in [-0.05, 0) is 13.8 Å². The van der Waals surface area contributed by atoms with Gasteiger partial charge in [0.15, 0.2) is 0 Å². The van der Waals surface area contributed by atoms with E-state index in [1.165, 1.54) is 6.92 Å². The summed E-state index contributed by atoms with van der Waals surface area (Å²) in [5.74, 6) is -0.241. The van der Waals surface area contributed by atoms with Gasteiger partial charge in [-0.25, -0.2) is 0 Å². The van der Waals surface area contributed by atoms with Gasteiger partial charge >= 0.3 is 5.97 Å². The second-order valence-corrected chi connectivity index (χ2v) is 2.62. The minimum Gasteiger partial charge on any atom is -0.460 e. The molecular weight excluding hydrogens is 132 g/mol. The molecule has 0 aromatic heterocycles. The van der Waals surface area contributed by atoms with Crippen molar-refractivity contribution in [1.29, 1.82) is 0 Å². The molecule has 0 spiro atoms. The topological polar surface area (TPSA) is 38.8 Å². The minimum absolute atomic E-state index is 0.0903. The molecule has 0 aliphatic carbocycles. The summed E-state index contributed by atoms with van der Waals surface area (Å²) in [6.45, 7) is 5.21. The van der Waals surface area contributed by atoms with Gasteiger partial charge in [-0.3, -0.25) is 4.79 Å². The standard InChI is InChI=1S/C7H12O3/c1-4(9-6(3)8)7-5(2)10-7/h4-5,7H,1-3H3/t4?,5-,7-/m0/s1. The van der Waals surface area contributed by atoms with Crippen molar-refractivity contribution >= 4 is 5.97 Å². The summed E-state index contributed by atoms with van der Waals surface area (Å²) in [5, 5.41) is 0. The number of hydrogen-bond acceptors (Lipinski definition) is 3. The fraction of sp³-hybridized carbons (Fsp3) is 0.857. The third-order valence-corrected chi connectivity index (χ3v) is 1.57. The maximum atomic E-state index is 10.4. The average molecular weight is 144 g/mol. The van der Waals surface area contributed by atoms with Crippen LogP contribution in [-0.2, 0) is 14.3 Å². The van der Waals surface area contributed by atoms with Gasteiger partial charge < -0.3 is 9.47 Å². The minimum atomic E-state index is -0.241. The molecular formula is C7H12O3. The van der Waals surface area contributed by atoms with Crippen molar-refractivity contribution in [1.82, 2.24) is 0 Å². The molecule has 1 rings (SSSR count). The van der Waals surface area contributed by atoms with Crippen LogP contribution < -0.4 is 0 Å². The number of ether oxygens (including phenoxy) is 2. The van der Waals surface area contributed by atoms with Gasteiger partial charge in [-0.1, -0.05) is 0 Å². The lowest BCUT2D eigenvalue weighted by Crippen LogP contribution is -2.19. The van der Waals surface area contributed by atoms with Crippen LogP contribution in [0.1, 0.15) is 20.8 Å². The molecule has 0 amide bonds. The number of carbonyl (C=O) groups excluding carboxylic acids is 1. The van der Waals surface area contributed by atoms with Crippen LogP contribution >= 0.6 is 0 Å². The zero-order valence-electron chi connectivity index (χ0n) is 6.46. The van der Waals surface area contributed by atoms with Gasteiger partial charge in [0.1, 0.15) is 12.2 Å². The van der Waals surface area contributed by atoms with E-state index in [1.54, 1.807) is 0 Å². The predicted octanol–water partition coefficient (Wildman–Crippen LogP) is 0.725. The molecule has 0 aromatic carbocycles. The number of esters is 1. The molecule has 0 radical (unpaired) electrons. The van der Waals surface area contributed by atoms with Gasteiger partial charge in [0.25, 0.3) is 0 Å². The summed E-state index contributed by atoms with van der Waals surface area (Å²) in [6.07, 6.45) is 0.297. The molecule has 3 atom stereocenters. The summed E-state index contributed by atoms with van der Waals surface area (Å²) < 4.78 is 9.98. The van der Waals surface area contributed by atoms with E-state index < -0.39 is 0 Å². The van der Waals surface area contributed by atoms with Crippen LogP contribution in [0.25, 0.3) is 0 Å². The van der Waals surface area contributed by atoms with Gasteiger partial charge in [0.2, 0.25) is 0 Å². The summed E-state index contributed by atoms with van der Waals surface area (Å²) in [4.78, 5) is 10.4. The molecule has 58 valence electrons. The third-order valence-electron chi connectivity index (χ3n) is 1.57. The first-order valence-electron chi connectivity index (χ1n) is 3.44. The Morgan fingerprint density at radius 2 is 2.20 bits per heavy atom. The quantitative estimate of drug-likeness (QED) is 0.423. The monoisotopic (exact) mass is 144 g/mol. The predicted molar refractivity (Wildman–Crippen MR) is 35.6 cm³/mol. The van der Waals surface area contributed by atoms with Crippen molar-refractivity contribution in [3.05, 3.63) is 0 Å². The zero-order valence-corrected chi connectivity index (χ0v) is 6.46. The first-order valence-corrected chi connectivity index (χ1v) is 3.44. The van der Waals surface area contributed by atoms with Crippen LogP contribution in [0.5, 0.6) is 0 Å². The molecule has 0 N–H and O–H groups in total. The van der Waals surface area contributed by atoms with Crippen LogP contribution in [0.15, 0.2) is 0 Å². The molecule has 3 heteroatoms. The number of rotatable bonds is 2. The Bertz CT molecular complexity index is 144. The second kappa shape index (κ2) is 2.58. The van der Waals surface area contributed by atoms with E-state index in [0.29, 0.717) is 0 Å². The highest BCUT2D eigenvalue weighted by Crippen LogP contribution is 2.25. The van der Waals surface area contributed by atoms with Crippen molar-refractivity contribution in [2.75, 3.05) is 0 Å². The van der Waals surface area contributed by atoms with E-state index in [4.69, 9.17) is 9.47 Å². The van der Waals surface area contributed by atoms with Crippen molar-refractivity contribution in [2.45, 2.75) is 39.1 Å². The number of epoxide rings is 1. The Morgan fingerprint density at radius 3 is 2.50 bits per heavy atom. The van der Waals surface area contributed by atoms with Crippen LogP contribution in [0, 0.1) is 0 Å². The van der Waals surface area contributed by atoms with Crippen molar-refractivity contribution in [2.24, 2.45) is 0 Å². The molecule has 1 heterocycles. The molecule has 1 aliphatic heterocycles. The van der Waals surface area contributed by atoms with Gasteiger partial charge in [-0.2, -0.15) is 0 Å². The van der Waals surface area contributed by atoms with Crippen LogP contribution in [-0.4, -0.2) is 24.3 Å². The van der Waals surface area contributed by atoms with Crippen molar-refractivity contribution < 1.29 is 14.3 Å². The van der Waals surface area contributed by atoms with Crippen LogP contribution in [0.4, 0.5) is 0 Å². The van der Waals surface area contributed by atoms with E-state index in [1.807, 2.05) is 13.8 Å². The van der Waals surface area contributed by atoms with Gasteiger partial charge in [0.05, 0.1) is 6.10 Å². The number of hydrogen-bond donors (Lipinski definition) is 0. The Morgan fingerprint density at radius 1 is 1.70 bits per heavy atom. The summed E-state index contributed by atoms with van der Waals surface area (Å²) in [6, 6.07) is 0. The molecule has 1 aliphatic rings. The molecule has 10 heavy (non-hydrogen) atoms. The van der Waals surface area contributed by atoms with E-state index in [0.717, 1.165) is 0 Å². The fourth-order valence-corrected chi connectivity index (χ4v) is 1.02. The maximum absolute atomic E-state index is 10.4. The van der Waals surface area contributed by atoms with E-state index >= 15 is 0 Å². The highest BCUT2D eigenvalue weighted by Gasteiger charge is 2.40. The highest BCUT2D eigenvalue weighted by molar-refractivity contribution is 5.66. The van der Waals surface area contributed by atoms with Gasteiger partial charge in [-0.15, -0.1) is 0 Å². The fourth-order valence-electron chi connectivity index (χ4n) is 1.02. The molecule has 0 bridgehead atoms. The average Bonchev–Trinajstić information content (AvgIpc) is 2.44. The second-order valence-electron chi connectivity index (χ2n) is 2.62. The molecule has 0 saturated carbocycles. The summed E-state index contributed by atoms with van der Waals surface area (Å²) >= 11 is 0. The summed E-state index contributed by atoms with van der Waals surface area (Å²) in [7, 11) is 0. The SMILES string of the molecule is CC(=O)OC(C)[C@@H]1O[C@H]1C. The van der Waals surface area contributed by atoms with E-state index in [9.17, 15) is 4.79 Å². The molecule has 3 nitrogen and oxygen atoms in total. The largest absolute Gasteiger partial charge is 0.460 e. The maximum Gasteiger partial charge on any atom is 0.302 e. The van der Waals surface area contributed by atoms with Crippen molar-refractivity contribution in [3.8, 4) is 0 Å². The lowest BCUT2D eigenvalue weighted by Gasteiger charge is -2.07. The Balaban J connectivity index is 2.22. The Hall–Kier alpha value is -0.570. The molecule has 1 saturated heterocycles. The van der Waals surface area contributed by atoms with Gasteiger partial charge in [0, 0.05) is 6.92 Å².